The summed E-state index contributed by atoms with van der Waals surface area (Å²) in [6, 6.07) is 5.74. The average Bonchev–Trinajstić information content (AvgIpc) is 2.42. The quantitative estimate of drug-likeness (QED) is 0.728. The van der Waals surface area contributed by atoms with Crippen molar-refractivity contribution in [2.75, 3.05) is 0 Å². The smallest absolute Gasteiger partial charge is 0.279 e. The highest BCUT2D eigenvalue weighted by molar-refractivity contribution is 6.19. The highest BCUT2D eigenvalue weighted by atomic mass is 16.1. The van der Waals surface area contributed by atoms with E-state index in [4.69, 9.17) is 5.73 Å². The van der Waals surface area contributed by atoms with Crippen LogP contribution in [0.3, 0.4) is 0 Å². The van der Waals surface area contributed by atoms with E-state index in [-0.39, 0.29) is 5.91 Å². The first-order valence-electron chi connectivity index (χ1n) is 4.62. The van der Waals surface area contributed by atoms with Gasteiger partial charge in [0.05, 0.1) is 5.56 Å². The normalized spacial score (nSPS) is 14.5. The Morgan fingerprint density at radius 3 is 2.64 bits per heavy atom. The molecule has 1 amide bonds. The first kappa shape index (κ1) is 8.94. The molecule has 0 unspecified atom stereocenters. The Morgan fingerprint density at radius 1 is 1.29 bits per heavy atom. The van der Waals surface area contributed by atoms with Crippen LogP contribution in [0, 0.1) is 0 Å². The van der Waals surface area contributed by atoms with Crippen LogP contribution < -0.4 is 5.73 Å². The summed E-state index contributed by atoms with van der Waals surface area (Å²) in [7, 11) is 0. The minimum absolute atomic E-state index is 0.222. The first-order chi connectivity index (χ1) is 6.59. The van der Waals surface area contributed by atoms with E-state index in [1.54, 1.807) is 0 Å². The predicted molar refractivity (Wildman–Crippen MR) is 55.6 cm³/mol. The molecule has 1 heterocycles. The van der Waals surface area contributed by atoms with Crippen LogP contribution >= 0.6 is 0 Å². The Balaban J connectivity index is 2.55. The number of hydrogen-bond acceptors (Lipinski definition) is 2. The molecule has 0 atom stereocenters. The van der Waals surface area contributed by atoms with Crippen LogP contribution in [0.15, 0.2) is 23.2 Å². The van der Waals surface area contributed by atoms with Crippen LogP contribution in [-0.2, 0) is 0 Å². The van der Waals surface area contributed by atoms with Gasteiger partial charge in [0, 0.05) is 5.56 Å². The second-order valence-corrected chi connectivity index (χ2v) is 3.76. The first-order valence-corrected chi connectivity index (χ1v) is 4.62. The Bertz CT molecular complexity index is 433. The molecule has 0 saturated heterocycles. The number of carbonyl (C=O) groups is 1. The van der Waals surface area contributed by atoms with Crippen molar-refractivity contribution in [3.63, 3.8) is 0 Å². The Morgan fingerprint density at radius 2 is 2.00 bits per heavy atom. The molecule has 14 heavy (non-hydrogen) atoms. The maximum Gasteiger partial charge on any atom is 0.279 e. The van der Waals surface area contributed by atoms with Gasteiger partial charge in [-0.05, 0) is 17.5 Å². The number of hydrogen-bond donors (Lipinski definition) is 1. The van der Waals surface area contributed by atoms with E-state index in [0.29, 0.717) is 17.3 Å². The van der Waals surface area contributed by atoms with E-state index >= 15 is 0 Å². The van der Waals surface area contributed by atoms with Crippen molar-refractivity contribution in [1.29, 1.82) is 0 Å². The molecule has 3 heteroatoms. The minimum atomic E-state index is -0.222. The summed E-state index contributed by atoms with van der Waals surface area (Å²) in [6.45, 7) is 4.18. The standard InChI is InChI=1S/C11H12N2O/c1-6(2)7-3-4-8-9(5-7)11(14)13-10(8)12/h3-6H,1-2H3,(H2,12,13,14). The third-order valence-corrected chi connectivity index (χ3v) is 2.44. The molecule has 72 valence electrons. The fourth-order valence-corrected chi connectivity index (χ4v) is 1.55. The molecule has 0 aliphatic carbocycles. The van der Waals surface area contributed by atoms with Crippen LogP contribution in [0.25, 0.3) is 0 Å². The molecule has 0 spiro atoms. The van der Waals surface area contributed by atoms with Crippen molar-refractivity contribution in [2.45, 2.75) is 19.8 Å². The lowest BCUT2D eigenvalue weighted by molar-refractivity contribution is 0.101. The molecule has 1 aromatic carbocycles. The summed E-state index contributed by atoms with van der Waals surface area (Å²) in [4.78, 5) is 15.1. The van der Waals surface area contributed by atoms with E-state index in [1.807, 2.05) is 18.2 Å². The molecule has 2 rings (SSSR count). The summed E-state index contributed by atoms with van der Waals surface area (Å²) in [5.74, 6) is 0.523. The number of fused-ring (bicyclic) bond motifs is 1. The number of nitrogens with two attached hydrogens (primary N) is 1. The molecule has 2 N–H and O–H groups in total. The van der Waals surface area contributed by atoms with E-state index in [1.165, 1.54) is 0 Å². The zero-order valence-electron chi connectivity index (χ0n) is 8.24. The SMILES string of the molecule is CC(C)c1ccc2c(c1)C(=O)N=C2N. The Hall–Kier alpha value is -1.64. The summed E-state index contributed by atoms with van der Waals surface area (Å²) in [5, 5.41) is 0. The van der Waals surface area contributed by atoms with Crippen molar-refractivity contribution in [3.8, 4) is 0 Å². The number of amides is 1. The van der Waals surface area contributed by atoms with Crippen molar-refractivity contribution in [3.05, 3.63) is 34.9 Å². The molecule has 1 aliphatic rings. The third-order valence-electron chi connectivity index (χ3n) is 2.44. The van der Waals surface area contributed by atoms with Crippen LogP contribution in [0.4, 0.5) is 0 Å². The van der Waals surface area contributed by atoms with Gasteiger partial charge in [0.15, 0.2) is 0 Å². The molecule has 1 aromatic rings. The zero-order valence-corrected chi connectivity index (χ0v) is 8.24. The van der Waals surface area contributed by atoms with Crippen LogP contribution in [0.5, 0.6) is 0 Å². The summed E-state index contributed by atoms with van der Waals surface area (Å²) < 4.78 is 0. The van der Waals surface area contributed by atoms with Gasteiger partial charge in [0.25, 0.3) is 5.91 Å². The number of carbonyl (C=O) groups excluding carboxylic acids is 1. The molecule has 0 aromatic heterocycles. The van der Waals surface area contributed by atoms with Crippen LogP contribution in [0.2, 0.25) is 0 Å². The number of rotatable bonds is 1. The average molecular weight is 188 g/mol. The topological polar surface area (TPSA) is 55.5 Å². The predicted octanol–water partition coefficient (Wildman–Crippen LogP) is 1.67. The summed E-state index contributed by atoms with van der Waals surface area (Å²) >= 11 is 0. The molecule has 0 saturated carbocycles. The summed E-state index contributed by atoms with van der Waals surface area (Å²) in [6.07, 6.45) is 0. The maximum absolute atomic E-state index is 11.4. The van der Waals surface area contributed by atoms with Gasteiger partial charge in [0.2, 0.25) is 0 Å². The van der Waals surface area contributed by atoms with Gasteiger partial charge in [-0.2, -0.15) is 4.99 Å². The molecule has 0 fully saturated rings. The minimum Gasteiger partial charge on any atom is -0.383 e. The third kappa shape index (κ3) is 1.21. The molecule has 0 radical (unpaired) electrons. The molecule has 3 nitrogen and oxygen atoms in total. The number of nitrogens with zero attached hydrogens (tertiary/aromatic N) is 1. The van der Waals surface area contributed by atoms with Gasteiger partial charge in [-0.25, -0.2) is 0 Å². The lowest BCUT2D eigenvalue weighted by Gasteiger charge is -2.06. The monoisotopic (exact) mass is 188 g/mol. The van der Waals surface area contributed by atoms with Crippen LogP contribution in [0.1, 0.15) is 41.3 Å². The summed E-state index contributed by atoms with van der Waals surface area (Å²) in [5.41, 5.74) is 8.13. The number of benzene rings is 1. The van der Waals surface area contributed by atoms with E-state index in [9.17, 15) is 4.79 Å². The lowest BCUT2D eigenvalue weighted by atomic mass is 9.98. The number of amidine groups is 1. The van der Waals surface area contributed by atoms with E-state index in [2.05, 4.69) is 18.8 Å². The maximum atomic E-state index is 11.4. The van der Waals surface area contributed by atoms with Gasteiger partial charge >= 0.3 is 0 Å². The van der Waals surface area contributed by atoms with Crippen molar-refractivity contribution in [1.82, 2.24) is 0 Å². The van der Waals surface area contributed by atoms with Gasteiger partial charge in [-0.15, -0.1) is 0 Å². The van der Waals surface area contributed by atoms with E-state index in [0.717, 1.165) is 11.1 Å². The second kappa shape index (κ2) is 2.94. The van der Waals surface area contributed by atoms with Crippen LogP contribution in [-0.4, -0.2) is 11.7 Å². The molecular formula is C11H12N2O. The second-order valence-electron chi connectivity index (χ2n) is 3.76. The highest BCUT2D eigenvalue weighted by Crippen LogP contribution is 2.22. The Kier molecular flexibility index (Phi) is 1.88. The van der Waals surface area contributed by atoms with Crippen molar-refractivity contribution in [2.24, 2.45) is 10.7 Å². The molecule has 1 aliphatic heterocycles. The molecule has 0 bridgehead atoms. The van der Waals surface area contributed by atoms with Crippen molar-refractivity contribution >= 4 is 11.7 Å². The van der Waals surface area contributed by atoms with Gasteiger partial charge in [-0.3, -0.25) is 4.79 Å². The van der Waals surface area contributed by atoms with Crippen molar-refractivity contribution < 1.29 is 4.79 Å². The zero-order chi connectivity index (χ0) is 10.3. The Labute approximate surface area is 82.6 Å². The lowest BCUT2D eigenvalue weighted by Crippen LogP contribution is -2.10. The molecular weight excluding hydrogens is 176 g/mol. The van der Waals surface area contributed by atoms with Gasteiger partial charge in [0.1, 0.15) is 5.84 Å². The fourth-order valence-electron chi connectivity index (χ4n) is 1.55. The van der Waals surface area contributed by atoms with Gasteiger partial charge < -0.3 is 5.73 Å². The van der Waals surface area contributed by atoms with Gasteiger partial charge in [-0.1, -0.05) is 26.0 Å². The fraction of sp³-hybridized carbons (Fsp3) is 0.273. The van der Waals surface area contributed by atoms with E-state index < -0.39 is 0 Å². The highest BCUT2D eigenvalue weighted by Gasteiger charge is 2.21. The largest absolute Gasteiger partial charge is 0.383 e. The number of aliphatic imine (C=N–C) groups is 1.